The minimum absolute atomic E-state index is 0.0236. The maximum Gasteiger partial charge on any atom is 0.147 e. The Morgan fingerprint density at radius 3 is 2.64 bits per heavy atom. The third kappa shape index (κ3) is 4.97. The van der Waals surface area contributed by atoms with Gasteiger partial charge in [-0.2, -0.15) is 0 Å². The van der Waals surface area contributed by atoms with Crippen LogP contribution in [0.3, 0.4) is 0 Å². The van der Waals surface area contributed by atoms with Crippen LogP contribution in [0.2, 0.25) is 0 Å². The topological polar surface area (TPSA) is 62.6 Å². The van der Waals surface area contributed by atoms with E-state index >= 15 is 0 Å². The number of benzene rings is 1. The smallest absolute Gasteiger partial charge is 0.147 e. The van der Waals surface area contributed by atoms with Crippen molar-refractivity contribution < 1.29 is 14.9 Å². The molecule has 25 heavy (non-hydrogen) atoms. The molecule has 3 unspecified atom stereocenters. The molecule has 134 valence electrons. The molecule has 3 rings (SSSR count). The molecule has 5 heteroatoms. The van der Waals surface area contributed by atoms with E-state index < -0.39 is 6.10 Å². The normalized spacial score (nSPS) is 23.4. The predicted octanol–water partition coefficient (Wildman–Crippen LogP) is 3.19. The van der Waals surface area contributed by atoms with Crippen molar-refractivity contribution in [1.82, 2.24) is 4.98 Å². The van der Waals surface area contributed by atoms with Crippen LogP contribution in [-0.4, -0.2) is 38.6 Å². The highest BCUT2D eigenvalue weighted by Crippen LogP contribution is 2.34. The van der Waals surface area contributed by atoms with Gasteiger partial charge in [-0.3, -0.25) is 4.98 Å². The molecule has 1 fully saturated rings. The number of pyridine rings is 1. The molecule has 0 spiro atoms. The lowest BCUT2D eigenvalue weighted by molar-refractivity contribution is 0.104. The SMILES string of the molecule is CCc1ccc(Cc2ccncc2OC2CC(O)CC(CO)S2)cc1. The van der Waals surface area contributed by atoms with Gasteiger partial charge in [0.1, 0.15) is 11.2 Å². The van der Waals surface area contributed by atoms with Crippen molar-refractivity contribution >= 4 is 11.8 Å². The Bertz CT molecular complexity index is 677. The number of thioether (sulfide) groups is 1. The van der Waals surface area contributed by atoms with E-state index in [1.165, 1.54) is 11.1 Å². The molecule has 2 aromatic rings. The number of nitrogens with zero attached hydrogens (tertiary/aromatic N) is 1. The van der Waals surface area contributed by atoms with Gasteiger partial charge in [0, 0.05) is 29.9 Å². The van der Waals surface area contributed by atoms with Gasteiger partial charge in [-0.1, -0.05) is 31.2 Å². The van der Waals surface area contributed by atoms with E-state index in [0.29, 0.717) is 12.8 Å². The Kier molecular flexibility index (Phi) is 6.34. The van der Waals surface area contributed by atoms with Gasteiger partial charge in [-0.15, -0.1) is 11.8 Å². The minimum atomic E-state index is -0.426. The Labute approximate surface area is 153 Å². The van der Waals surface area contributed by atoms with Gasteiger partial charge >= 0.3 is 0 Å². The number of ether oxygens (including phenoxy) is 1. The molecule has 1 saturated heterocycles. The largest absolute Gasteiger partial charge is 0.478 e. The van der Waals surface area contributed by atoms with Gasteiger partial charge in [-0.05, 0) is 30.0 Å². The Balaban J connectivity index is 1.71. The maximum absolute atomic E-state index is 9.99. The van der Waals surface area contributed by atoms with Crippen LogP contribution in [0.1, 0.15) is 36.5 Å². The fourth-order valence-corrected chi connectivity index (χ4v) is 4.40. The first-order valence-corrected chi connectivity index (χ1v) is 9.74. The van der Waals surface area contributed by atoms with E-state index in [-0.39, 0.29) is 17.3 Å². The van der Waals surface area contributed by atoms with Crippen LogP contribution in [0.25, 0.3) is 0 Å². The summed E-state index contributed by atoms with van der Waals surface area (Å²) in [6, 6.07) is 10.6. The molecule has 0 radical (unpaired) electrons. The second kappa shape index (κ2) is 8.70. The van der Waals surface area contributed by atoms with Crippen LogP contribution in [0.5, 0.6) is 5.75 Å². The molecule has 0 bridgehead atoms. The van der Waals surface area contributed by atoms with Crippen LogP contribution in [0, 0.1) is 0 Å². The van der Waals surface area contributed by atoms with Gasteiger partial charge in [0.25, 0.3) is 0 Å². The summed E-state index contributed by atoms with van der Waals surface area (Å²) in [5.74, 6) is 0.755. The van der Waals surface area contributed by atoms with E-state index in [0.717, 1.165) is 24.2 Å². The van der Waals surface area contributed by atoms with E-state index in [1.807, 2.05) is 6.07 Å². The monoisotopic (exact) mass is 359 g/mol. The minimum Gasteiger partial charge on any atom is -0.478 e. The van der Waals surface area contributed by atoms with Gasteiger partial charge in [0.05, 0.1) is 18.9 Å². The molecule has 1 aromatic heterocycles. The predicted molar refractivity (Wildman–Crippen MR) is 101 cm³/mol. The highest BCUT2D eigenvalue weighted by Gasteiger charge is 2.29. The van der Waals surface area contributed by atoms with Crippen LogP contribution >= 0.6 is 11.8 Å². The number of aliphatic hydroxyl groups is 2. The molecular formula is C20H25NO3S. The van der Waals surface area contributed by atoms with Crippen LogP contribution in [0.15, 0.2) is 42.7 Å². The lowest BCUT2D eigenvalue weighted by Crippen LogP contribution is -2.33. The Morgan fingerprint density at radius 1 is 1.16 bits per heavy atom. The average Bonchev–Trinajstić information content (AvgIpc) is 2.63. The number of aromatic nitrogens is 1. The second-order valence-corrected chi connectivity index (χ2v) is 7.91. The van der Waals surface area contributed by atoms with Crippen LogP contribution in [0.4, 0.5) is 0 Å². The number of hydrogen-bond acceptors (Lipinski definition) is 5. The summed E-state index contributed by atoms with van der Waals surface area (Å²) in [7, 11) is 0. The third-order valence-corrected chi connectivity index (χ3v) is 5.82. The van der Waals surface area contributed by atoms with Gasteiger partial charge in [0.2, 0.25) is 0 Å². The van der Waals surface area contributed by atoms with Crippen LogP contribution < -0.4 is 4.74 Å². The first-order chi connectivity index (χ1) is 12.2. The second-order valence-electron chi connectivity index (χ2n) is 6.44. The van der Waals surface area contributed by atoms with Crippen LogP contribution in [-0.2, 0) is 12.8 Å². The molecular weight excluding hydrogens is 334 g/mol. The van der Waals surface area contributed by atoms with Crippen molar-refractivity contribution in [2.75, 3.05) is 6.61 Å². The molecule has 4 nitrogen and oxygen atoms in total. The zero-order valence-electron chi connectivity index (χ0n) is 14.5. The summed E-state index contributed by atoms with van der Waals surface area (Å²) < 4.78 is 6.14. The van der Waals surface area contributed by atoms with Crippen molar-refractivity contribution in [3.63, 3.8) is 0 Å². The fourth-order valence-electron chi connectivity index (χ4n) is 3.06. The number of aliphatic hydroxyl groups excluding tert-OH is 2. The summed E-state index contributed by atoms with van der Waals surface area (Å²) in [4.78, 5) is 4.19. The zero-order valence-corrected chi connectivity index (χ0v) is 15.3. The summed E-state index contributed by atoms with van der Waals surface area (Å²) in [5.41, 5.74) is 3.49. The van der Waals surface area contributed by atoms with Gasteiger partial charge < -0.3 is 14.9 Å². The maximum atomic E-state index is 9.99. The number of hydrogen-bond donors (Lipinski definition) is 2. The summed E-state index contributed by atoms with van der Waals surface area (Å²) >= 11 is 1.59. The van der Waals surface area contributed by atoms with Crippen molar-refractivity contribution in [2.45, 2.75) is 49.4 Å². The van der Waals surface area contributed by atoms with E-state index in [2.05, 4.69) is 36.2 Å². The zero-order chi connectivity index (χ0) is 17.6. The lowest BCUT2D eigenvalue weighted by Gasteiger charge is -2.31. The third-order valence-electron chi connectivity index (χ3n) is 4.50. The van der Waals surface area contributed by atoms with Crippen molar-refractivity contribution in [3.8, 4) is 5.75 Å². The molecule has 0 aliphatic carbocycles. The number of aryl methyl sites for hydroxylation is 1. The molecule has 1 aliphatic rings. The molecule has 1 aromatic carbocycles. The lowest BCUT2D eigenvalue weighted by atomic mass is 10.0. The molecule has 2 N–H and O–H groups in total. The average molecular weight is 359 g/mol. The highest BCUT2D eigenvalue weighted by atomic mass is 32.2. The standard InChI is InChI=1S/C20H25NO3S/c1-2-14-3-5-15(6-4-14)9-16-7-8-21-12-19(16)24-20-11-17(23)10-18(13-22)25-20/h3-8,12,17-18,20,22-23H,2,9-11,13H2,1H3. The first kappa shape index (κ1) is 18.2. The Morgan fingerprint density at radius 2 is 1.92 bits per heavy atom. The van der Waals surface area contributed by atoms with Gasteiger partial charge in [0.15, 0.2) is 0 Å². The van der Waals surface area contributed by atoms with E-state index in [9.17, 15) is 10.2 Å². The molecule has 1 aliphatic heterocycles. The molecule has 3 atom stereocenters. The summed E-state index contributed by atoms with van der Waals surface area (Å²) in [6.07, 6.45) is 6.10. The Hall–Kier alpha value is -1.56. The van der Waals surface area contributed by atoms with Gasteiger partial charge in [-0.25, -0.2) is 0 Å². The quantitative estimate of drug-likeness (QED) is 0.829. The van der Waals surface area contributed by atoms with E-state index in [4.69, 9.17) is 4.74 Å². The molecule has 0 saturated carbocycles. The van der Waals surface area contributed by atoms with E-state index in [1.54, 1.807) is 24.2 Å². The molecule has 0 amide bonds. The first-order valence-electron chi connectivity index (χ1n) is 8.79. The summed E-state index contributed by atoms with van der Waals surface area (Å²) in [5, 5.41) is 19.4. The van der Waals surface area contributed by atoms with Crippen molar-refractivity contribution in [1.29, 1.82) is 0 Å². The summed E-state index contributed by atoms with van der Waals surface area (Å²) in [6.45, 7) is 2.21. The number of rotatable bonds is 6. The fraction of sp³-hybridized carbons (Fsp3) is 0.450. The molecule has 2 heterocycles. The van der Waals surface area contributed by atoms with Crippen molar-refractivity contribution in [2.24, 2.45) is 0 Å². The van der Waals surface area contributed by atoms with Crippen molar-refractivity contribution in [3.05, 3.63) is 59.4 Å². The highest BCUT2D eigenvalue weighted by molar-refractivity contribution is 8.00.